The topological polar surface area (TPSA) is 32.8 Å². The van der Waals surface area contributed by atoms with Gasteiger partial charge in [0.1, 0.15) is 11.9 Å². The van der Waals surface area contributed by atoms with E-state index < -0.39 is 11.7 Å². The van der Waals surface area contributed by atoms with Gasteiger partial charge in [-0.15, -0.1) is 0 Å². The van der Waals surface area contributed by atoms with E-state index in [1.54, 1.807) is 19.0 Å². The third kappa shape index (κ3) is 4.05. The molecule has 0 spiro atoms. The predicted octanol–water partition coefficient (Wildman–Crippen LogP) is 3.23. The van der Waals surface area contributed by atoms with Gasteiger partial charge in [0.2, 0.25) is 0 Å². The van der Waals surface area contributed by atoms with E-state index >= 15 is 0 Å². The first-order valence-corrected chi connectivity index (χ1v) is 7.07. The molecule has 122 valence electrons. The molecule has 22 heavy (non-hydrogen) atoms. The Morgan fingerprint density at radius 2 is 1.91 bits per heavy atom. The van der Waals surface area contributed by atoms with E-state index in [9.17, 15) is 18.0 Å². The minimum atomic E-state index is -4.37. The highest BCUT2D eigenvalue weighted by Crippen LogP contribution is 2.32. The van der Waals surface area contributed by atoms with Crippen molar-refractivity contribution in [3.8, 4) is 5.75 Å². The quantitative estimate of drug-likeness (QED) is 0.839. The summed E-state index contributed by atoms with van der Waals surface area (Å²) in [6.45, 7) is 1.08. The van der Waals surface area contributed by atoms with Crippen molar-refractivity contribution in [3.63, 3.8) is 0 Å². The summed E-state index contributed by atoms with van der Waals surface area (Å²) in [6.07, 6.45) is -3.33. The number of alkyl halides is 3. The van der Waals surface area contributed by atoms with E-state index in [0.717, 1.165) is 12.1 Å². The molecule has 0 saturated carbocycles. The van der Waals surface area contributed by atoms with Crippen LogP contribution in [0.25, 0.3) is 0 Å². The van der Waals surface area contributed by atoms with Gasteiger partial charge in [-0.3, -0.25) is 0 Å². The summed E-state index contributed by atoms with van der Waals surface area (Å²) in [4.78, 5) is 15.0. The number of nitrogens with zero attached hydrogens (tertiary/aromatic N) is 2. The van der Waals surface area contributed by atoms with Crippen LogP contribution in [-0.2, 0) is 6.18 Å². The van der Waals surface area contributed by atoms with Gasteiger partial charge in [0.15, 0.2) is 0 Å². The van der Waals surface area contributed by atoms with Crippen LogP contribution in [-0.4, -0.2) is 49.1 Å². The molecule has 1 aliphatic rings. The summed E-state index contributed by atoms with van der Waals surface area (Å²) in [7, 11) is 3.38. The lowest BCUT2D eigenvalue weighted by Crippen LogP contribution is -2.46. The number of halogens is 3. The first kappa shape index (κ1) is 16.5. The van der Waals surface area contributed by atoms with Crippen LogP contribution in [0.1, 0.15) is 18.4 Å². The predicted molar refractivity (Wildman–Crippen MR) is 75.8 cm³/mol. The maximum atomic E-state index is 12.7. The molecule has 2 rings (SSSR count). The fourth-order valence-corrected chi connectivity index (χ4v) is 2.39. The maximum Gasteiger partial charge on any atom is 0.416 e. The molecule has 1 heterocycles. The molecule has 0 aliphatic carbocycles. The first-order chi connectivity index (χ1) is 10.3. The summed E-state index contributed by atoms with van der Waals surface area (Å²) < 4.78 is 43.6. The van der Waals surface area contributed by atoms with Crippen LogP contribution < -0.4 is 4.74 Å². The van der Waals surface area contributed by atoms with Crippen LogP contribution in [0.4, 0.5) is 18.0 Å². The number of carbonyl (C=O) groups excluding carboxylic acids is 1. The number of rotatable bonds is 2. The van der Waals surface area contributed by atoms with Crippen molar-refractivity contribution in [3.05, 3.63) is 29.8 Å². The summed E-state index contributed by atoms with van der Waals surface area (Å²) >= 11 is 0. The third-order valence-electron chi connectivity index (χ3n) is 3.56. The highest BCUT2D eigenvalue weighted by atomic mass is 19.4. The molecule has 2 amide bonds. The van der Waals surface area contributed by atoms with E-state index in [2.05, 4.69) is 0 Å². The van der Waals surface area contributed by atoms with E-state index in [1.807, 2.05) is 0 Å². The smallest absolute Gasteiger partial charge is 0.416 e. The normalized spacial score (nSPS) is 16.5. The van der Waals surface area contributed by atoms with Crippen molar-refractivity contribution < 1.29 is 22.7 Å². The summed E-state index contributed by atoms with van der Waals surface area (Å²) in [5, 5.41) is 0. The molecule has 1 aliphatic heterocycles. The summed E-state index contributed by atoms with van der Waals surface area (Å²) in [6, 6.07) is 4.83. The average Bonchev–Trinajstić information content (AvgIpc) is 2.46. The highest BCUT2D eigenvalue weighted by Gasteiger charge is 2.31. The molecule has 1 saturated heterocycles. The monoisotopic (exact) mass is 316 g/mol. The lowest BCUT2D eigenvalue weighted by molar-refractivity contribution is -0.137. The molecule has 0 atom stereocenters. The van der Waals surface area contributed by atoms with Gasteiger partial charge in [-0.25, -0.2) is 4.79 Å². The number of likely N-dealkylation sites (tertiary alicyclic amines) is 1. The lowest BCUT2D eigenvalue weighted by atomic mass is 10.1. The Labute approximate surface area is 127 Å². The number of hydrogen-bond donors (Lipinski definition) is 0. The molecule has 1 fully saturated rings. The average molecular weight is 316 g/mol. The second-order valence-electron chi connectivity index (χ2n) is 5.51. The number of hydrogen-bond acceptors (Lipinski definition) is 2. The number of ether oxygens (including phenoxy) is 1. The van der Waals surface area contributed by atoms with Gasteiger partial charge in [0.25, 0.3) is 0 Å². The summed E-state index contributed by atoms with van der Waals surface area (Å²) in [5.74, 6) is 0.215. The van der Waals surface area contributed by atoms with Crippen molar-refractivity contribution in [1.29, 1.82) is 0 Å². The number of carbonyl (C=O) groups is 1. The Hall–Kier alpha value is -1.92. The van der Waals surface area contributed by atoms with Crippen LogP contribution in [0.2, 0.25) is 0 Å². The van der Waals surface area contributed by atoms with E-state index in [0.29, 0.717) is 25.9 Å². The van der Waals surface area contributed by atoms with Gasteiger partial charge >= 0.3 is 12.2 Å². The Balaban J connectivity index is 1.93. The van der Waals surface area contributed by atoms with Crippen molar-refractivity contribution >= 4 is 6.03 Å². The molecule has 0 bridgehead atoms. The van der Waals surface area contributed by atoms with Crippen molar-refractivity contribution in [2.45, 2.75) is 25.1 Å². The van der Waals surface area contributed by atoms with Crippen LogP contribution in [0.5, 0.6) is 5.75 Å². The van der Waals surface area contributed by atoms with Crippen LogP contribution in [0.3, 0.4) is 0 Å². The Bertz CT molecular complexity index is 524. The van der Waals surface area contributed by atoms with Crippen LogP contribution >= 0.6 is 0 Å². The largest absolute Gasteiger partial charge is 0.490 e. The molecule has 4 nitrogen and oxygen atoms in total. The molecule has 0 aromatic heterocycles. The van der Waals surface area contributed by atoms with Crippen molar-refractivity contribution in [1.82, 2.24) is 9.80 Å². The van der Waals surface area contributed by atoms with Gasteiger partial charge in [-0.1, -0.05) is 6.07 Å². The minimum absolute atomic E-state index is 0.0579. The van der Waals surface area contributed by atoms with Gasteiger partial charge in [0, 0.05) is 40.0 Å². The number of piperidine rings is 1. The van der Waals surface area contributed by atoms with E-state index in [1.165, 1.54) is 17.0 Å². The zero-order valence-electron chi connectivity index (χ0n) is 12.6. The second kappa shape index (κ2) is 6.46. The Morgan fingerprint density at radius 3 is 2.45 bits per heavy atom. The van der Waals surface area contributed by atoms with E-state index in [4.69, 9.17) is 4.74 Å². The maximum absolute atomic E-state index is 12.7. The SMILES string of the molecule is CN(C)C(=O)N1CCC(Oc2cccc(C(F)(F)F)c2)CC1. The van der Waals surface area contributed by atoms with Crippen molar-refractivity contribution in [2.75, 3.05) is 27.2 Å². The number of urea groups is 1. The molecule has 7 heteroatoms. The summed E-state index contributed by atoms with van der Waals surface area (Å²) in [5.41, 5.74) is -0.717. The molecule has 0 radical (unpaired) electrons. The van der Waals surface area contributed by atoms with Gasteiger partial charge in [-0.2, -0.15) is 13.2 Å². The number of benzene rings is 1. The molecular weight excluding hydrogens is 297 g/mol. The van der Waals surface area contributed by atoms with Gasteiger partial charge in [0.05, 0.1) is 5.56 Å². The standard InChI is InChI=1S/C15H19F3N2O2/c1-19(2)14(21)20-8-6-12(7-9-20)22-13-5-3-4-11(10-13)15(16,17)18/h3-5,10,12H,6-9H2,1-2H3. The van der Waals surface area contributed by atoms with Crippen molar-refractivity contribution in [2.24, 2.45) is 0 Å². The van der Waals surface area contributed by atoms with Crippen LogP contribution in [0.15, 0.2) is 24.3 Å². The fourth-order valence-electron chi connectivity index (χ4n) is 2.39. The Kier molecular flexibility index (Phi) is 4.83. The van der Waals surface area contributed by atoms with Gasteiger partial charge in [-0.05, 0) is 18.2 Å². The van der Waals surface area contributed by atoms with Crippen LogP contribution in [0, 0.1) is 0 Å². The van der Waals surface area contributed by atoms with Gasteiger partial charge < -0.3 is 14.5 Å². The first-order valence-electron chi connectivity index (χ1n) is 7.07. The second-order valence-corrected chi connectivity index (χ2v) is 5.51. The zero-order valence-corrected chi connectivity index (χ0v) is 12.6. The Morgan fingerprint density at radius 1 is 1.27 bits per heavy atom. The molecule has 1 aromatic rings. The molecular formula is C15H19F3N2O2. The third-order valence-corrected chi connectivity index (χ3v) is 3.56. The zero-order chi connectivity index (χ0) is 16.3. The molecule has 0 N–H and O–H groups in total. The molecule has 1 aromatic carbocycles. The highest BCUT2D eigenvalue weighted by molar-refractivity contribution is 5.73. The lowest BCUT2D eigenvalue weighted by Gasteiger charge is -2.33. The fraction of sp³-hybridized carbons (Fsp3) is 0.533. The van der Waals surface area contributed by atoms with E-state index in [-0.39, 0.29) is 17.9 Å². The number of amides is 2. The molecule has 0 unspecified atom stereocenters. The minimum Gasteiger partial charge on any atom is -0.490 e.